The number of hydrogen-bond donors (Lipinski definition) is 1. The minimum absolute atomic E-state index is 0.272. The van der Waals surface area contributed by atoms with Gasteiger partial charge in [0.05, 0.1) is 6.61 Å². The third-order valence-electron chi connectivity index (χ3n) is 2.67. The molecule has 0 radical (unpaired) electrons. The number of nitrogens with two attached hydrogens (primary N) is 1. The lowest BCUT2D eigenvalue weighted by molar-refractivity contribution is -0.133. The molecule has 1 fully saturated rings. The third kappa shape index (κ3) is 3.27. The summed E-state index contributed by atoms with van der Waals surface area (Å²) >= 11 is 0. The van der Waals surface area contributed by atoms with Crippen LogP contribution >= 0.6 is 0 Å². The second kappa shape index (κ2) is 5.98. The first-order valence-electron chi connectivity index (χ1n) is 5.37. The van der Waals surface area contributed by atoms with Crippen molar-refractivity contribution < 1.29 is 9.63 Å². The lowest BCUT2D eigenvalue weighted by atomic mass is 9.99. The van der Waals surface area contributed by atoms with Crippen molar-refractivity contribution in [3.05, 3.63) is 0 Å². The van der Waals surface area contributed by atoms with Gasteiger partial charge in [0, 0.05) is 25.4 Å². The Balaban J connectivity index is 2.35. The lowest BCUT2D eigenvalue weighted by Crippen LogP contribution is -2.41. The van der Waals surface area contributed by atoms with Crippen LogP contribution in [-0.2, 0) is 9.63 Å². The first-order valence-corrected chi connectivity index (χ1v) is 5.37. The quantitative estimate of drug-likeness (QED) is 0.686. The normalized spacial score (nSPS) is 22.4. The van der Waals surface area contributed by atoms with Gasteiger partial charge < -0.3 is 9.74 Å². The van der Waals surface area contributed by atoms with E-state index in [4.69, 9.17) is 5.90 Å². The summed E-state index contributed by atoms with van der Waals surface area (Å²) in [6, 6.07) is 0. The van der Waals surface area contributed by atoms with Gasteiger partial charge in [-0.15, -0.1) is 0 Å². The summed E-state index contributed by atoms with van der Waals surface area (Å²) < 4.78 is 0. The van der Waals surface area contributed by atoms with Crippen molar-refractivity contribution in [1.82, 2.24) is 4.90 Å². The Bertz CT molecular complexity index is 183. The van der Waals surface area contributed by atoms with Crippen LogP contribution in [-0.4, -0.2) is 30.5 Å². The van der Waals surface area contributed by atoms with Crippen molar-refractivity contribution in [3.63, 3.8) is 0 Å². The smallest absolute Gasteiger partial charge is 0.222 e. The fraction of sp³-hybridized carbons (Fsp3) is 0.900. The fourth-order valence-electron chi connectivity index (χ4n) is 1.94. The minimum Gasteiger partial charge on any atom is -0.342 e. The molecule has 14 heavy (non-hydrogen) atoms. The number of nitrogens with zero attached hydrogens (tertiary/aromatic N) is 1. The van der Waals surface area contributed by atoms with Crippen LogP contribution in [0.15, 0.2) is 0 Å². The van der Waals surface area contributed by atoms with Gasteiger partial charge in [0.25, 0.3) is 0 Å². The molecule has 1 unspecified atom stereocenters. The van der Waals surface area contributed by atoms with Crippen LogP contribution in [0, 0.1) is 5.92 Å². The van der Waals surface area contributed by atoms with E-state index in [9.17, 15) is 4.79 Å². The van der Waals surface area contributed by atoms with E-state index in [1.54, 1.807) is 0 Å². The van der Waals surface area contributed by atoms with Crippen LogP contribution in [0.5, 0.6) is 0 Å². The molecule has 0 aromatic carbocycles. The Morgan fingerprint density at radius 2 is 2.43 bits per heavy atom. The minimum atomic E-state index is 0.272. The van der Waals surface area contributed by atoms with Gasteiger partial charge >= 0.3 is 0 Å². The predicted octanol–water partition coefficient (Wildman–Crippen LogP) is 0.915. The molecule has 1 atom stereocenters. The number of likely N-dealkylation sites (tertiary alicyclic amines) is 1. The molecule has 1 rings (SSSR count). The molecule has 82 valence electrons. The number of amides is 1. The van der Waals surface area contributed by atoms with E-state index in [-0.39, 0.29) is 5.91 Å². The molecule has 2 N–H and O–H groups in total. The molecule has 1 aliphatic rings. The summed E-state index contributed by atoms with van der Waals surface area (Å²) in [7, 11) is 0. The second-order valence-electron chi connectivity index (χ2n) is 3.93. The van der Waals surface area contributed by atoms with E-state index < -0.39 is 0 Å². The van der Waals surface area contributed by atoms with E-state index in [0.29, 0.717) is 18.9 Å². The Morgan fingerprint density at radius 1 is 1.64 bits per heavy atom. The molecule has 0 aromatic rings. The largest absolute Gasteiger partial charge is 0.342 e. The summed E-state index contributed by atoms with van der Waals surface area (Å²) in [4.78, 5) is 18.2. The molecule has 0 aromatic heterocycles. The van der Waals surface area contributed by atoms with Crippen LogP contribution in [0.3, 0.4) is 0 Å². The van der Waals surface area contributed by atoms with E-state index in [1.807, 2.05) is 11.8 Å². The average molecular weight is 200 g/mol. The highest BCUT2D eigenvalue weighted by Gasteiger charge is 2.22. The zero-order chi connectivity index (χ0) is 10.4. The summed E-state index contributed by atoms with van der Waals surface area (Å²) in [5.74, 6) is 5.73. The van der Waals surface area contributed by atoms with Crippen molar-refractivity contribution in [2.75, 3.05) is 19.7 Å². The van der Waals surface area contributed by atoms with Gasteiger partial charge in [-0.05, 0) is 19.3 Å². The summed E-state index contributed by atoms with van der Waals surface area (Å²) in [5.41, 5.74) is 0. The third-order valence-corrected chi connectivity index (χ3v) is 2.67. The molecule has 1 aliphatic heterocycles. The molecule has 0 bridgehead atoms. The van der Waals surface area contributed by atoms with E-state index in [0.717, 1.165) is 32.4 Å². The van der Waals surface area contributed by atoms with Crippen LogP contribution in [0.25, 0.3) is 0 Å². The zero-order valence-electron chi connectivity index (χ0n) is 8.87. The maximum atomic E-state index is 11.6. The predicted molar refractivity (Wildman–Crippen MR) is 54.4 cm³/mol. The Kier molecular flexibility index (Phi) is 4.90. The Hall–Kier alpha value is -0.610. The van der Waals surface area contributed by atoms with Gasteiger partial charge in [-0.2, -0.15) is 0 Å². The number of hydrogen-bond acceptors (Lipinski definition) is 3. The van der Waals surface area contributed by atoms with Crippen LogP contribution in [0.1, 0.15) is 32.6 Å². The summed E-state index contributed by atoms with van der Waals surface area (Å²) in [5, 5.41) is 0. The standard InChI is InChI=1S/C10H20N2O2/c1-2-4-10(13)12-6-3-5-9(7-12)8-14-11/h9H,2-8,11H2,1H3. The highest BCUT2D eigenvalue weighted by molar-refractivity contribution is 5.76. The molecule has 4 nitrogen and oxygen atoms in total. The molecular weight excluding hydrogens is 180 g/mol. The van der Waals surface area contributed by atoms with Crippen molar-refractivity contribution in [2.45, 2.75) is 32.6 Å². The van der Waals surface area contributed by atoms with Crippen molar-refractivity contribution >= 4 is 5.91 Å². The van der Waals surface area contributed by atoms with Gasteiger partial charge in [0.15, 0.2) is 0 Å². The Labute approximate surface area is 85.3 Å². The van der Waals surface area contributed by atoms with Gasteiger partial charge in [-0.3, -0.25) is 4.79 Å². The van der Waals surface area contributed by atoms with Crippen molar-refractivity contribution in [1.29, 1.82) is 0 Å². The number of carbonyl (C=O) groups excluding carboxylic acids is 1. The second-order valence-corrected chi connectivity index (χ2v) is 3.93. The van der Waals surface area contributed by atoms with Crippen LogP contribution < -0.4 is 5.90 Å². The summed E-state index contributed by atoms with van der Waals surface area (Å²) in [6.07, 6.45) is 3.78. The fourth-order valence-corrected chi connectivity index (χ4v) is 1.94. The van der Waals surface area contributed by atoms with E-state index >= 15 is 0 Å². The molecule has 4 heteroatoms. The Morgan fingerprint density at radius 3 is 3.07 bits per heavy atom. The van der Waals surface area contributed by atoms with E-state index in [2.05, 4.69) is 4.84 Å². The molecule has 0 aliphatic carbocycles. The molecule has 0 spiro atoms. The number of carbonyl (C=O) groups is 1. The maximum absolute atomic E-state index is 11.6. The number of rotatable bonds is 4. The van der Waals surface area contributed by atoms with E-state index in [1.165, 1.54) is 0 Å². The summed E-state index contributed by atoms with van der Waals surface area (Å²) in [6.45, 7) is 4.31. The van der Waals surface area contributed by atoms with Crippen LogP contribution in [0.2, 0.25) is 0 Å². The molecule has 1 saturated heterocycles. The molecular formula is C10H20N2O2. The topological polar surface area (TPSA) is 55.6 Å². The highest BCUT2D eigenvalue weighted by Crippen LogP contribution is 2.17. The van der Waals surface area contributed by atoms with Crippen molar-refractivity contribution in [3.8, 4) is 0 Å². The first-order chi connectivity index (χ1) is 6.77. The molecule has 1 amide bonds. The van der Waals surface area contributed by atoms with Gasteiger partial charge in [0.2, 0.25) is 5.91 Å². The molecule has 1 heterocycles. The average Bonchev–Trinajstić information content (AvgIpc) is 2.19. The number of piperidine rings is 1. The lowest BCUT2D eigenvalue weighted by Gasteiger charge is -2.32. The molecule has 0 saturated carbocycles. The monoisotopic (exact) mass is 200 g/mol. The SMILES string of the molecule is CCCC(=O)N1CCCC(CON)C1. The van der Waals surface area contributed by atoms with Crippen molar-refractivity contribution in [2.24, 2.45) is 11.8 Å². The zero-order valence-corrected chi connectivity index (χ0v) is 8.87. The first kappa shape index (κ1) is 11.5. The highest BCUT2D eigenvalue weighted by atomic mass is 16.6. The maximum Gasteiger partial charge on any atom is 0.222 e. The van der Waals surface area contributed by atoms with Gasteiger partial charge in [-0.25, -0.2) is 5.90 Å². The van der Waals surface area contributed by atoms with Crippen LogP contribution in [0.4, 0.5) is 0 Å². The van der Waals surface area contributed by atoms with Gasteiger partial charge in [-0.1, -0.05) is 6.92 Å². The van der Waals surface area contributed by atoms with Gasteiger partial charge in [0.1, 0.15) is 0 Å².